The van der Waals surface area contributed by atoms with Gasteiger partial charge in [0.1, 0.15) is 5.75 Å². The molecule has 6 nitrogen and oxygen atoms in total. The van der Waals surface area contributed by atoms with Crippen molar-refractivity contribution in [2.75, 3.05) is 5.32 Å². The number of para-hydroxylation sites is 1. The van der Waals surface area contributed by atoms with Crippen molar-refractivity contribution < 1.29 is 14.1 Å². The monoisotopic (exact) mass is 457 g/mol. The lowest BCUT2D eigenvalue weighted by Gasteiger charge is -2.18. The molecule has 0 spiro atoms. The van der Waals surface area contributed by atoms with Crippen LogP contribution in [-0.4, -0.2) is 22.2 Å². The molecule has 0 bridgehead atoms. The molecule has 1 atom stereocenters. The minimum absolute atomic E-state index is 0.150. The van der Waals surface area contributed by atoms with Gasteiger partial charge in [-0.15, -0.1) is 0 Å². The quantitative estimate of drug-likeness (QED) is 0.517. The van der Waals surface area contributed by atoms with Crippen LogP contribution in [0.25, 0.3) is 11.5 Å². The largest absolute Gasteiger partial charge is 0.480 e. The maximum absolute atomic E-state index is 12.8. The normalized spacial score (nSPS) is 12.1. The number of aromatic nitrogens is 2. The number of halogens is 1. The Kier molecular flexibility index (Phi) is 6.37. The predicted octanol–water partition coefficient (Wildman–Crippen LogP) is 5.65. The second-order valence-electron chi connectivity index (χ2n) is 7.29. The first-order valence-electron chi connectivity index (χ1n) is 9.43. The zero-order chi connectivity index (χ0) is 21.1. The van der Waals surface area contributed by atoms with Crippen LogP contribution in [0.15, 0.2) is 45.4 Å². The van der Waals surface area contributed by atoms with Crippen LogP contribution >= 0.6 is 15.9 Å². The highest BCUT2D eigenvalue weighted by Gasteiger charge is 2.21. The Morgan fingerprint density at radius 2 is 1.93 bits per heavy atom. The van der Waals surface area contributed by atoms with Crippen molar-refractivity contribution in [2.45, 2.75) is 46.6 Å². The van der Waals surface area contributed by atoms with Crippen LogP contribution in [0.5, 0.6) is 5.75 Å². The highest BCUT2D eigenvalue weighted by molar-refractivity contribution is 9.10. The van der Waals surface area contributed by atoms with E-state index >= 15 is 0 Å². The van der Waals surface area contributed by atoms with Crippen molar-refractivity contribution in [1.82, 2.24) is 10.1 Å². The molecule has 152 valence electrons. The van der Waals surface area contributed by atoms with Crippen molar-refractivity contribution in [3.63, 3.8) is 0 Å². The number of benzene rings is 2. The smallest absolute Gasteiger partial charge is 0.265 e. The van der Waals surface area contributed by atoms with Crippen LogP contribution in [0.1, 0.15) is 43.6 Å². The van der Waals surface area contributed by atoms with Gasteiger partial charge in [0.2, 0.25) is 0 Å². The van der Waals surface area contributed by atoms with Crippen molar-refractivity contribution >= 4 is 27.5 Å². The topological polar surface area (TPSA) is 77.2 Å². The summed E-state index contributed by atoms with van der Waals surface area (Å²) >= 11 is 3.47. The Morgan fingerprint density at radius 3 is 2.59 bits per heavy atom. The fourth-order valence-electron chi connectivity index (χ4n) is 2.76. The Hall–Kier alpha value is -2.67. The van der Waals surface area contributed by atoms with Crippen LogP contribution in [0.4, 0.5) is 5.69 Å². The van der Waals surface area contributed by atoms with Crippen LogP contribution in [0, 0.1) is 13.8 Å². The van der Waals surface area contributed by atoms with E-state index in [1.165, 1.54) is 0 Å². The van der Waals surface area contributed by atoms with E-state index in [2.05, 4.69) is 31.4 Å². The Labute approximate surface area is 178 Å². The van der Waals surface area contributed by atoms with Gasteiger partial charge in [-0.05, 0) is 66.0 Å². The highest BCUT2D eigenvalue weighted by Crippen LogP contribution is 2.31. The molecule has 3 aromatic rings. The number of anilines is 1. The molecule has 7 heteroatoms. The van der Waals surface area contributed by atoms with Gasteiger partial charge in [-0.1, -0.05) is 37.2 Å². The van der Waals surface area contributed by atoms with Gasteiger partial charge >= 0.3 is 0 Å². The second kappa shape index (κ2) is 8.78. The van der Waals surface area contributed by atoms with Crippen molar-refractivity contribution in [3.8, 4) is 17.2 Å². The summed E-state index contributed by atoms with van der Waals surface area (Å²) in [4.78, 5) is 17.3. The standard InChI is InChI=1S/C22H24BrN3O3/c1-12(2)20-25-22(29-26-20)16-8-6-7-14(4)19(16)24-21(27)15(5)28-18-10-9-13(3)11-17(18)23/h6-12,15H,1-5H3,(H,24,27). The first-order chi connectivity index (χ1) is 13.8. The molecular weight excluding hydrogens is 434 g/mol. The molecule has 29 heavy (non-hydrogen) atoms. The number of rotatable bonds is 6. The molecule has 1 aromatic heterocycles. The number of nitrogens with one attached hydrogen (secondary N) is 1. The summed E-state index contributed by atoms with van der Waals surface area (Å²) in [7, 11) is 0. The average Bonchev–Trinajstić information content (AvgIpc) is 3.15. The molecule has 0 saturated heterocycles. The molecule has 1 amide bonds. The van der Waals surface area contributed by atoms with Gasteiger partial charge in [-0.2, -0.15) is 4.98 Å². The van der Waals surface area contributed by atoms with Crippen LogP contribution in [-0.2, 0) is 4.79 Å². The summed E-state index contributed by atoms with van der Waals surface area (Å²) in [5.74, 6) is 1.50. The second-order valence-corrected chi connectivity index (χ2v) is 8.15. The van der Waals surface area contributed by atoms with Gasteiger partial charge < -0.3 is 14.6 Å². The van der Waals surface area contributed by atoms with Gasteiger partial charge in [0.05, 0.1) is 15.7 Å². The highest BCUT2D eigenvalue weighted by atomic mass is 79.9. The number of ether oxygens (including phenoxy) is 1. The Bertz CT molecular complexity index is 1030. The van der Waals surface area contributed by atoms with Gasteiger partial charge in [-0.25, -0.2) is 0 Å². The summed E-state index contributed by atoms with van der Waals surface area (Å²) in [6.45, 7) is 9.61. The molecule has 0 aliphatic carbocycles. The number of hydrogen-bond acceptors (Lipinski definition) is 5. The number of carbonyl (C=O) groups excluding carboxylic acids is 1. The van der Waals surface area contributed by atoms with E-state index in [0.717, 1.165) is 15.6 Å². The zero-order valence-electron chi connectivity index (χ0n) is 17.1. The molecule has 0 saturated carbocycles. The number of nitrogens with zero attached hydrogens (tertiary/aromatic N) is 2. The van der Waals surface area contributed by atoms with E-state index in [1.807, 2.05) is 64.1 Å². The Balaban J connectivity index is 1.82. The van der Waals surface area contributed by atoms with Gasteiger partial charge in [0, 0.05) is 5.92 Å². The lowest BCUT2D eigenvalue weighted by Crippen LogP contribution is -2.30. The fourth-order valence-corrected chi connectivity index (χ4v) is 3.35. The fraction of sp³-hybridized carbons (Fsp3) is 0.318. The van der Waals surface area contributed by atoms with Gasteiger partial charge in [0.15, 0.2) is 11.9 Å². The summed E-state index contributed by atoms with van der Waals surface area (Å²) in [5.41, 5.74) is 3.31. The third-order valence-electron chi connectivity index (χ3n) is 4.47. The minimum Gasteiger partial charge on any atom is -0.480 e. The molecule has 0 aliphatic rings. The molecule has 1 heterocycles. The summed E-state index contributed by atoms with van der Waals surface area (Å²) in [6.07, 6.45) is -0.699. The zero-order valence-corrected chi connectivity index (χ0v) is 18.7. The number of amides is 1. The molecule has 1 N–H and O–H groups in total. The molecule has 2 aromatic carbocycles. The molecule has 0 fully saturated rings. The summed E-state index contributed by atoms with van der Waals surface area (Å²) in [5, 5.41) is 6.98. The lowest BCUT2D eigenvalue weighted by molar-refractivity contribution is -0.122. The molecule has 0 radical (unpaired) electrons. The van der Waals surface area contributed by atoms with Gasteiger partial charge in [-0.3, -0.25) is 4.79 Å². The first-order valence-corrected chi connectivity index (χ1v) is 10.2. The summed E-state index contributed by atoms with van der Waals surface area (Å²) in [6, 6.07) is 11.4. The van der Waals surface area contributed by atoms with E-state index in [4.69, 9.17) is 9.26 Å². The molecule has 3 rings (SSSR count). The SMILES string of the molecule is Cc1ccc(OC(C)C(=O)Nc2c(C)cccc2-c2nc(C(C)C)no2)c(Br)c1. The molecular formula is C22H24BrN3O3. The van der Waals surface area contributed by atoms with Crippen LogP contribution in [0.2, 0.25) is 0 Å². The predicted molar refractivity (Wildman–Crippen MR) is 116 cm³/mol. The number of carbonyl (C=O) groups is 1. The maximum atomic E-state index is 12.8. The van der Waals surface area contributed by atoms with Crippen LogP contribution < -0.4 is 10.1 Å². The van der Waals surface area contributed by atoms with E-state index in [0.29, 0.717) is 28.7 Å². The van der Waals surface area contributed by atoms with E-state index in [-0.39, 0.29) is 11.8 Å². The molecule has 0 aliphatic heterocycles. The van der Waals surface area contributed by atoms with Crippen molar-refractivity contribution in [3.05, 3.63) is 57.8 Å². The Morgan fingerprint density at radius 1 is 1.17 bits per heavy atom. The van der Waals surface area contributed by atoms with E-state index < -0.39 is 6.10 Å². The minimum atomic E-state index is -0.699. The number of aryl methyl sites for hydroxylation is 2. The van der Waals surface area contributed by atoms with Crippen molar-refractivity contribution in [2.24, 2.45) is 0 Å². The third-order valence-corrected chi connectivity index (χ3v) is 5.09. The summed E-state index contributed by atoms with van der Waals surface area (Å²) < 4.78 is 12.1. The van der Waals surface area contributed by atoms with E-state index in [1.54, 1.807) is 6.92 Å². The van der Waals surface area contributed by atoms with Crippen molar-refractivity contribution in [1.29, 1.82) is 0 Å². The molecule has 1 unspecified atom stereocenters. The average molecular weight is 458 g/mol. The van der Waals surface area contributed by atoms with Gasteiger partial charge in [0.25, 0.3) is 11.8 Å². The third kappa shape index (κ3) is 4.85. The lowest BCUT2D eigenvalue weighted by atomic mass is 10.1. The van der Waals surface area contributed by atoms with Crippen LogP contribution in [0.3, 0.4) is 0 Å². The van der Waals surface area contributed by atoms with E-state index in [9.17, 15) is 4.79 Å². The number of hydrogen-bond donors (Lipinski definition) is 1. The maximum Gasteiger partial charge on any atom is 0.265 e. The first kappa shape index (κ1) is 21.0.